The van der Waals surface area contributed by atoms with Crippen LogP contribution in [0.15, 0.2) is 12.1 Å². The number of aliphatic hydroxyl groups is 1. The van der Waals surface area contributed by atoms with Gasteiger partial charge in [-0.25, -0.2) is 13.2 Å². The zero-order valence-corrected chi connectivity index (χ0v) is 12.3. The minimum atomic E-state index is -1.20. The molecule has 0 saturated carbocycles. The van der Waals surface area contributed by atoms with Gasteiger partial charge in [-0.3, -0.25) is 4.90 Å². The highest BCUT2D eigenvalue weighted by atomic mass is 19.2. The van der Waals surface area contributed by atoms with Gasteiger partial charge < -0.3 is 10.4 Å². The lowest BCUT2D eigenvalue weighted by atomic mass is 9.79. The number of hydrogen-bond acceptors (Lipinski definition) is 3. The van der Waals surface area contributed by atoms with Crippen molar-refractivity contribution in [3.05, 3.63) is 35.1 Å². The van der Waals surface area contributed by atoms with Gasteiger partial charge in [-0.2, -0.15) is 0 Å². The Hall–Kier alpha value is -1.11. The number of halogens is 3. The van der Waals surface area contributed by atoms with E-state index in [0.29, 0.717) is 19.2 Å². The van der Waals surface area contributed by atoms with Crippen molar-refractivity contribution in [3.8, 4) is 0 Å². The summed E-state index contributed by atoms with van der Waals surface area (Å²) >= 11 is 0. The fraction of sp³-hybridized carbons (Fsp3) is 0.600. The van der Waals surface area contributed by atoms with Gasteiger partial charge in [0.2, 0.25) is 0 Å². The van der Waals surface area contributed by atoms with Crippen molar-refractivity contribution in [1.82, 2.24) is 10.2 Å². The molecule has 2 N–H and O–H groups in total. The van der Waals surface area contributed by atoms with E-state index in [1.807, 2.05) is 4.90 Å². The smallest absolute Gasteiger partial charge is 0.161 e. The van der Waals surface area contributed by atoms with Crippen molar-refractivity contribution < 1.29 is 18.3 Å². The zero-order valence-electron chi connectivity index (χ0n) is 12.3. The fourth-order valence-corrected chi connectivity index (χ4v) is 2.89. The maximum Gasteiger partial charge on any atom is 0.161 e. The van der Waals surface area contributed by atoms with Crippen molar-refractivity contribution in [2.75, 3.05) is 32.8 Å². The number of rotatable bonds is 4. The molecule has 1 fully saturated rings. The largest absolute Gasteiger partial charge is 0.396 e. The summed E-state index contributed by atoms with van der Waals surface area (Å²) < 4.78 is 40.9. The van der Waals surface area contributed by atoms with E-state index in [9.17, 15) is 18.3 Å². The molecule has 1 aromatic carbocycles. The van der Waals surface area contributed by atoms with Crippen LogP contribution in [0.1, 0.15) is 25.5 Å². The highest BCUT2D eigenvalue weighted by molar-refractivity contribution is 5.25. The average Bonchev–Trinajstić information content (AvgIpc) is 2.45. The van der Waals surface area contributed by atoms with Gasteiger partial charge in [0, 0.05) is 55.9 Å². The molecule has 118 valence electrons. The molecular weight excluding hydrogens is 281 g/mol. The van der Waals surface area contributed by atoms with Crippen LogP contribution in [0.4, 0.5) is 13.2 Å². The number of piperazine rings is 1. The predicted molar refractivity (Wildman–Crippen MR) is 74.4 cm³/mol. The van der Waals surface area contributed by atoms with Crippen LogP contribution in [0.3, 0.4) is 0 Å². The minimum Gasteiger partial charge on any atom is -0.396 e. The third-order valence-electron chi connectivity index (χ3n) is 4.00. The Morgan fingerprint density at radius 3 is 2.29 bits per heavy atom. The number of nitrogens with one attached hydrogen (secondary N) is 1. The van der Waals surface area contributed by atoms with Crippen LogP contribution >= 0.6 is 0 Å². The van der Waals surface area contributed by atoms with E-state index >= 15 is 0 Å². The first kappa shape index (κ1) is 16.3. The van der Waals surface area contributed by atoms with Crippen LogP contribution < -0.4 is 5.32 Å². The quantitative estimate of drug-likeness (QED) is 0.836. The number of benzene rings is 1. The van der Waals surface area contributed by atoms with Gasteiger partial charge in [0.25, 0.3) is 0 Å². The van der Waals surface area contributed by atoms with Gasteiger partial charge in [-0.15, -0.1) is 0 Å². The van der Waals surface area contributed by atoms with Gasteiger partial charge in [0.15, 0.2) is 11.6 Å². The Bertz CT molecular complexity index is 502. The maximum absolute atomic E-state index is 14.2. The third-order valence-corrected chi connectivity index (χ3v) is 4.00. The Kier molecular flexibility index (Phi) is 4.91. The second-order valence-corrected chi connectivity index (χ2v) is 6.12. The van der Waals surface area contributed by atoms with Crippen molar-refractivity contribution in [2.24, 2.45) is 5.41 Å². The van der Waals surface area contributed by atoms with E-state index < -0.39 is 28.9 Å². The molecule has 6 heteroatoms. The summed E-state index contributed by atoms with van der Waals surface area (Å²) in [6, 6.07) is 0.974. The molecule has 0 amide bonds. The maximum atomic E-state index is 14.2. The standard InChI is InChI=1S/C15H21F3N2O/c1-15(2,9-21)14(20-5-3-19-4-6-20)10-7-12(17)13(18)8-11(10)16/h7-8,14,19,21H,3-6,9H2,1-2H3/t14-/m1/s1. The number of aliphatic hydroxyl groups excluding tert-OH is 1. The van der Waals surface area contributed by atoms with E-state index in [-0.39, 0.29) is 12.2 Å². The van der Waals surface area contributed by atoms with Crippen LogP contribution in [-0.4, -0.2) is 42.8 Å². The zero-order chi connectivity index (χ0) is 15.6. The normalized spacial score (nSPS) is 18.8. The van der Waals surface area contributed by atoms with Gasteiger partial charge >= 0.3 is 0 Å². The van der Waals surface area contributed by atoms with Crippen LogP contribution in [-0.2, 0) is 0 Å². The van der Waals surface area contributed by atoms with Crippen LogP contribution in [0.5, 0.6) is 0 Å². The van der Waals surface area contributed by atoms with E-state index in [0.717, 1.165) is 19.2 Å². The van der Waals surface area contributed by atoms with E-state index in [1.165, 1.54) is 0 Å². The number of hydrogen-bond donors (Lipinski definition) is 2. The Morgan fingerprint density at radius 1 is 1.14 bits per heavy atom. The average molecular weight is 302 g/mol. The molecule has 2 rings (SSSR count). The molecule has 1 aliphatic rings. The first-order valence-corrected chi connectivity index (χ1v) is 7.07. The molecule has 0 unspecified atom stereocenters. The molecule has 0 radical (unpaired) electrons. The molecule has 0 bridgehead atoms. The first-order valence-electron chi connectivity index (χ1n) is 7.07. The van der Waals surface area contributed by atoms with Gasteiger partial charge in [0.1, 0.15) is 5.82 Å². The van der Waals surface area contributed by atoms with E-state index in [2.05, 4.69) is 5.32 Å². The first-order chi connectivity index (χ1) is 9.86. The highest BCUT2D eigenvalue weighted by Crippen LogP contribution is 2.39. The summed E-state index contributed by atoms with van der Waals surface area (Å²) in [7, 11) is 0. The summed E-state index contributed by atoms with van der Waals surface area (Å²) in [5, 5.41) is 12.8. The molecular formula is C15H21F3N2O. The Balaban J connectivity index is 2.46. The molecule has 3 nitrogen and oxygen atoms in total. The molecule has 1 atom stereocenters. The van der Waals surface area contributed by atoms with Crippen LogP contribution in [0, 0.1) is 22.9 Å². The molecule has 1 aliphatic heterocycles. The molecule has 21 heavy (non-hydrogen) atoms. The predicted octanol–water partition coefficient (Wildman–Crippen LogP) is 2.07. The second-order valence-electron chi connectivity index (χ2n) is 6.12. The van der Waals surface area contributed by atoms with Crippen molar-refractivity contribution in [1.29, 1.82) is 0 Å². The van der Waals surface area contributed by atoms with E-state index in [1.54, 1.807) is 13.8 Å². The number of nitrogens with zero attached hydrogens (tertiary/aromatic N) is 1. The van der Waals surface area contributed by atoms with Crippen molar-refractivity contribution in [3.63, 3.8) is 0 Å². The molecule has 1 saturated heterocycles. The molecule has 0 aliphatic carbocycles. The summed E-state index contributed by atoms with van der Waals surface area (Å²) in [4.78, 5) is 2.00. The summed E-state index contributed by atoms with van der Waals surface area (Å²) in [5.74, 6) is -3.05. The van der Waals surface area contributed by atoms with Crippen molar-refractivity contribution >= 4 is 0 Å². The van der Waals surface area contributed by atoms with Crippen LogP contribution in [0.25, 0.3) is 0 Å². The molecule has 1 heterocycles. The van der Waals surface area contributed by atoms with Gasteiger partial charge in [-0.1, -0.05) is 13.8 Å². The third kappa shape index (κ3) is 3.39. The summed E-state index contributed by atoms with van der Waals surface area (Å²) in [5.41, 5.74) is -0.586. The Labute approximate surface area is 122 Å². The topological polar surface area (TPSA) is 35.5 Å². The Morgan fingerprint density at radius 2 is 1.71 bits per heavy atom. The lowest BCUT2D eigenvalue weighted by Gasteiger charge is -2.43. The molecule has 1 aromatic rings. The summed E-state index contributed by atoms with van der Waals surface area (Å²) in [6.45, 7) is 6.20. The monoisotopic (exact) mass is 302 g/mol. The molecule has 0 spiro atoms. The highest BCUT2D eigenvalue weighted by Gasteiger charge is 2.37. The second kappa shape index (κ2) is 6.34. The van der Waals surface area contributed by atoms with Gasteiger partial charge in [-0.05, 0) is 6.07 Å². The van der Waals surface area contributed by atoms with Gasteiger partial charge in [0.05, 0.1) is 0 Å². The fourth-order valence-electron chi connectivity index (χ4n) is 2.89. The molecule has 0 aromatic heterocycles. The SMILES string of the molecule is CC(C)(CO)[C@@H](c1cc(F)c(F)cc1F)N1CCNCC1. The lowest BCUT2D eigenvalue weighted by molar-refractivity contribution is 0.0284. The minimum absolute atomic E-state index is 0.0925. The van der Waals surface area contributed by atoms with Crippen LogP contribution in [0.2, 0.25) is 0 Å². The van der Waals surface area contributed by atoms with Crippen molar-refractivity contribution in [2.45, 2.75) is 19.9 Å². The summed E-state index contributed by atoms with van der Waals surface area (Å²) in [6.07, 6.45) is 0. The lowest BCUT2D eigenvalue weighted by Crippen LogP contribution is -2.49. The van der Waals surface area contributed by atoms with E-state index in [4.69, 9.17) is 0 Å².